The van der Waals surface area contributed by atoms with Crippen LogP contribution < -0.4 is 24.3 Å². The first-order valence-corrected chi connectivity index (χ1v) is 15.2. The van der Waals surface area contributed by atoms with Crippen LogP contribution >= 0.6 is 23.3 Å². The smallest absolute Gasteiger partial charge is 0.334 e. The Morgan fingerprint density at radius 1 is 1.03 bits per heavy atom. The molecule has 0 fully saturated rings. The fraction of sp³-hybridized carbons (Fsp3) is 0.296. The zero-order valence-corrected chi connectivity index (χ0v) is 24.4. The minimum atomic E-state index is -3.15. The zero-order valence-electron chi connectivity index (χ0n) is 21.9. The fourth-order valence-corrected chi connectivity index (χ4v) is 9.43. The number of para-hydroxylation sites is 1. The van der Waals surface area contributed by atoms with Gasteiger partial charge in [-0.2, -0.15) is 0 Å². The van der Waals surface area contributed by atoms with E-state index in [0.717, 1.165) is 5.30 Å². The number of anilines is 2. The molecule has 2 aliphatic heterocycles. The van der Waals surface area contributed by atoms with E-state index in [0.29, 0.717) is 65.9 Å². The van der Waals surface area contributed by atoms with Gasteiger partial charge < -0.3 is 9.47 Å². The van der Waals surface area contributed by atoms with Crippen LogP contribution in [0, 0.1) is 10.1 Å². The van der Waals surface area contributed by atoms with Gasteiger partial charge >= 0.3 is 6.03 Å². The van der Waals surface area contributed by atoms with Gasteiger partial charge in [-0.05, 0) is 31.2 Å². The van der Waals surface area contributed by atoms with E-state index in [9.17, 15) is 14.9 Å². The standard InChI is InChI=1S/C27H29BrN5O5P/c1-4-30(5-2)39(29-20-14-19(28)15-22(16-20)33(35)36)26-18-25-24(37-12-13-38-25)17-23(26)31(6-3)27(34)32(39)21-10-8-7-9-11-21/h7-11,14-18H,4-6,12-13H2,1-3H3/t39-/m1/s1. The van der Waals surface area contributed by atoms with Crippen LogP contribution in [0.25, 0.3) is 0 Å². The topological polar surface area (TPSA) is 101 Å². The number of hydrogen-bond acceptors (Lipinski definition) is 6. The lowest BCUT2D eigenvalue weighted by molar-refractivity contribution is -0.384. The lowest BCUT2D eigenvalue weighted by Crippen LogP contribution is -2.53. The third kappa shape index (κ3) is 4.68. The number of rotatable bonds is 7. The Morgan fingerprint density at radius 2 is 1.69 bits per heavy atom. The van der Waals surface area contributed by atoms with Crippen molar-refractivity contribution in [1.29, 1.82) is 0 Å². The summed E-state index contributed by atoms with van der Waals surface area (Å²) in [6.45, 7) is 8.42. The van der Waals surface area contributed by atoms with Crippen molar-refractivity contribution in [2.75, 3.05) is 42.4 Å². The predicted molar refractivity (Wildman–Crippen MR) is 157 cm³/mol. The maximum atomic E-state index is 14.5. The van der Waals surface area contributed by atoms with Crippen molar-refractivity contribution in [3.8, 4) is 11.5 Å². The number of nitro groups is 1. The van der Waals surface area contributed by atoms with E-state index in [4.69, 9.17) is 14.2 Å². The second kappa shape index (κ2) is 11.0. The summed E-state index contributed by atoms with van der Waals surface area (Å²) in [7, 11) is -3.15. The minimum absolute atomic E-state index is 0.0898. The van der Waals surface area contributed by atoms with Crippen LogP contribution in [0.1, 0.15) is 20.8 Å². The summed E-state index contributed by atoms with van der Waals surface area (Å²) >= 11 is 3.42. The largest absolute Gasteiger partial charge is 0.486 e. The molecule has 0 unspecified atom stereocenters. The Morgan fingerprint density at radius 3 is 2.31 bits per heavy atom. The Bertz CT molecular complexity index is 1480. The van der Waals surface area contributed by atoms with Gasteiger partial charge in [0, 0.05) is 42.3 Å². The number of nitro benzene ring substituents is 1. The molecule has 1 atom stereocenters. The molecule has 3 aromatic rings. The van der Waals surface area contributed by atoms with E-state index in [1.54, 1.807) is 15.6 Å². The Labute approximate surface area is 235 Å². The van der Waals surface area contributed by atoms with Crippen molar-refractivity contribution < 1.29 is 19.2 Å². The number of nitrogens with zero attached hydrogens (tertiary/aromatic N) is 5. The SMILES string of the molecule is CCN1C(=O)N(c2ccccc2)[P@](=Nc2cc(Br)cc([N+](=O)[O-])c2)(N(CC)CC)c2cc3c(cc21)OCCO3. The normalized spacial score (nSPS) is 18.2. The third-order valence-electron chi connectivity index (χ3n) is 6.72. The summed E-state index contributed by atoms with van der Waals surface area (Å²) < 4.78 is 21.7. The molecule has 204 valence electrons. The summed E-state index contributed by atoms with van der Waals surface area (Å²) in [4.78, 5) is 27.5. The molecule has 0 saturated carbocycles. The number of halogens is 1. The quantitative estimate of drug-likeness (QED) is 0.163. The number of non-ortho nitro benzene ring substituents is 1. The van der Waals surface area contributed by atoms with Crippen LogP contribution in [0.15, 0.2) is 69.9 Å². The van der Waals surface area contributed by atoms with Gasteiger partial charge in [-0.15, -0.1) is 0 Å². The molecule has 0 aromatic heterocycles. The lowest BCUT2D eigenvalue weighted by atomic mass is 10.2. The zero-order chi connectivity index (χ0) is 27.7. The molecule has 10 nitrogen and oxygen atoms in total. The van der Waals surface area contributed by atoms with E-state index in [2.05, 4.69) is 20.6 Å². The number of carbonyl (C=O) groups is 1. The van der Waals surface area contributed by atoms with E-state index >= 15 is 0 Å². The first kappa shape index (κ1) is 27.2. The van der Waals surface area contributed by atoms with Gasteiger partial charge in [-0.1, -0.05) is 48.0 Å². The highest BCUT2D eigenvalue weighted by atomic mass is 79.9. The maximum Gasteiger partial charge on any atom is 0.334 e. The van der Waals surface area contributed by atoms with Gasteiger partial charge in [-0.3, -0.25) is 15.0 Å². The average Bonchev–Trinajstić information content (AvgIpc) is 2.93. The van der Waals surface area contributed by atoms with Gasteiger partial charge in [0.05, 0.1) is 27.3 Å². The van der Waals surface area contributed by atoms with Crippen molar-refractivity contribution in [2.45, 2.75) is 20.8 Å². The van der Waals surface area contributed by atoms with Gasteiger partial charge in [0.25, 0.3) is 5.69 Å². The molecular weight excluding hydrogens is 585 g/mol. The number of hydrogen-bond donors (Lipinski definition) is 0. The molecule has 5 rings (SSSR count). The minimum Gasteiger partial charge on any atom is -0.486 e. The van der Waals surface area contributed by atoms with Gasteiger partial charge in [0.2, 0.25) is 0 Å². The molecule has 12 heteroatoms. The highest BCUT2D eigenvalue weighted by Crippen LogP contribution is 2.64. The van der Waals surface area contributed by atoms with Crippen molar-refractivity contribution in [2.24, 2.45) is 4.74 Å². The molecule has 0 saturated heterocycles. The monoisotopic (exact) mass is 613 g/mol. The number of benzene rings is 3. The summed E-state index contributed by atoms with van der Waals surface area (Å²) in [6, 6.07) is 17.7. The highest BCUT2D eigenvalue weighted by Gasteiger charge is 2.48. The van der Waals surface area contributed by atoms with E-state index < -0.39 is 12.3 Å². The van der Waals surface area contributed by atoms with Gasteiger partial charge in [0.1, 0.15) is 13.2 Å². The molecule has 2 heterocycles. The molecule has 2 aliphatic rings. The number of urea groups is 1. The van der Waals surface area contributed by atoms with Gasteiger partial charge in [-0.25, -0.2) is 18.9 Å². The lowest BCUT2D eigenvalue weighted by Gasteiger charge is -2.49. The maximum absolute atomic E-state index is 14.5. The Kier molecular flexibility index (Phi) is 7.66. The van der Waals surface area contributed by atoms with Gasteiger partial charge in [0.15, 0.2) is 18.9 Å². The van der Waals surface area contributed by atoms with Crippen LogP contribution in [-0.2, 0) is 0 Å². The molecule has 0 bridgehead atoms. The first-order valence-electron chi connectivity index (χ1n) is 12.8. The van der Waals surface area contributed by atoms with Crippen LogP contribution in [0.3, 0.4) is 0 Å². The molecule has 0 spiro atoms. The Balaban J connectivity index is 1.95. The Hall–Kier alpha value is -3.40. The van der Waals surface area contributed by atoms with E-state index in [1.807, 2.05) is 63.2 Å². The van der Waals surface area contributed by atoms with Crippen LogP contribution in [0.5, 0.6) is 11.5 Å². The predicted octanol–water partition coefficient (Wildman–Crippen LogP) is 6.93. The third-order valence-corrected chi connectivity index (χ3v) is 11.0. The van der Waals surface area contributed by atoms with Crippen molar-refractivity contribution in [1.82, 2.24) is 4.67 Å². The van der Waals surface area contributed by atoms with Crippen LogP contribution in [0.4, 0.5) is 27.5 Å². The van der Waals surface area contributed by atoms with Crippen molar-refractivity contribution in [3.63, 3.8) is 0 Å². The molecule has 0 N–H and O–H groups in total. The molecule has 2 amide bonds. The summed E-state index contributed by atoms with van der Waals surface area (Å²) in [5.41, 5.74) is 1.70. The highest BCUT2D eigenvalue weighted by molar-refractivity contribution is 9.10. The van der Waals surface area contributed by atoms with Crippen LogP contribution in [-0.4, -0.2) is 48.5 Å². The summed E-state index contributed by atoms with van der Waals surface area (Å²) in [5.74, 6) is 1.17. The molecular formula is C27H29BrN5O5P. The summed E-state index contributed by atoms with van der Waals surface area (Å²) in [6.07, 6.45) is 0. The fourth-order valence-electron chi connectivity index (χ4n) is 5.06. The van der Waals surface area contributed by atoms with Crippen molar-refractivity contribution in [3.05, 3.63) is 75.3 Å². The second-order valence-corrected chi connectivity index (χ2v) is 12.6. The number of carbonyl (C=O) groups excluding carboxylic acids is 1. The summed E-state index contributed by atoms with van der Waals surface area (Å²) in [5, 5.41) is 12.6. The van der Waals surface area contributed by atoms with Crippen molar-refractivity contribution >= 4 is 57.4 Å². The van der Waals surface area contributed by atoms with Crippen LogP contribution in [0.2, 0.25) is 0 Å². The molecule has 0 radical (unpaired) electrons. The molecule has 39 heavy (non-hydrogen) atoms. The van der Waals surface area contributed by atoms with E-state index in [1.165, 1.54) is 12.1 Å². The number of amides is 2. The number of ether oxygens (including phenoxy) is 2. The number of fused-ring (bicyclic) bond motifs is 2. The average molecular weight is 614 g/mol. The first-order chi connectivity index (χ1) is 18.8. The molecule has 0 aliphatic carbocycles. The van der Waals surface area contributed by atoms with E-state index in [-0.39, 0.29) is 11.7 Å². The molecule has 3 aromatic carbocycles. The second-order valence-electron chi connectivity index (χ2n) is 8.89.